The Morgan fingerprint density at radius 2 is 1.48 bits per heavy atom. The molecular weight excluding hydrogens is 338 g/mol. The topological polar surface area (TPSA) is 43.9 Å². The molecule has 2 aromatic carbocycles. The van der Waals surface area contributed by atoms with Gasteiger partial charge in [-0.15, -0.1) is 0 Å². The largest absolute Gasteiger partial charge is 0.336 e. The van der Waals surface area contributed by atoms with Crippen LogP contribution in [0, 0.1) is 0 Å². The Labute approximate surface area is 161 Å². The fourth-order valence-corrected chi connectivity index (χ4v) is 3.53. The fraction of sp³-hybridized carbons (Fsp3) is 0.364. The number of hydrogen-bond donors (Lipinski definition) is 0. The molecule has 0 N–H and O–H groups in total. The molecule has 2 aromatic rings. The monoisotopic (exact) mass is 365 g/mol. The predicted octanol–water partition coefficient (Wildman–Crippen LogP) is 2.89. The van der Waals surface area contributed by atoms with Crippen molar-refractivity contribution >= 4 is 17.5 Å². The third kappa shape index (κ3) is 4.37. The summed E-state index contributed by atoms with van der Waals surface area (Å²) in [5, 5.41) is 0. The lowest BCUT2D eigenvalue weighted by Crippen LogP contribution is -2.55. The van der Waals surface area contributed by atoms with E-state index < -0.39 is 0 Å². The van der Waals surface area contributed by atoms with E-state index in [9.17, 15) is 9.59 Å². The van der Waals surface area contributed by atoms with Crippen LogP contribution in [0.3, 0.4) is 0 Å². The summed E-state index contributed by atoms with van der Waals surface area (Å²) >= 11 is 0. The molecule has 0 aromatic heterocycles. The highest BCUT2D eigenvalue weighted by Gasteiger charge is 2.30. The Morgan fingerprint density at radius 1 is 0.926 bits per heavy atom. The van der Waals surface area contributed by atoms with E-state index in [1.807, 2.05) is 84.3 Å². The SMILES string of the molecule is CCN(C(=O)[C@H](C)N1CCN(C(=O)c2ccccc2)CC1)c1ccccc1. The van der Waals surface area contributed by atoms with Gasteiger partial charge in [0.1, 0.15) is 0 Å². The van der Waals surface area contributed by atoms with E-state index in [0.717, 1.165) is 11.3 Å². The number of benzene rings is 2. The first-order chi connectivity index (χ1) is 13.1. The summed E-state index contributed by atoms with van der Waals surface area (Å²) < 4.78 is 0. The molecule has 0 aliphatic carbocycles. The summed E-state index contributed by atoms with van der Waals surface area (Å²) in [6.45, 7) is 7.29. The van der Waals surface area contributed by atoms with E-state index in [2.05, 4.69) is 4.90 Å². The van der Waals surface area contributed by atoms with Crippen LogP contribution in [-0.4, -0.2) is 60.4 Å². The number of carbonyl (C=O) groups excluding carboxylic acids is 2. The standard InChI is InChI=1S/C22H27N3O2/c1-3-25(20-12-8-5-9-13-20)21(26)18(2)23-14-16-24(17-15-23)22(27)19-10-6-4-7-11-19/h4-13,18H,3,14-17H2,1-2H3/t18-/m0/s1. The van der Waals surface area contributed by atoms with Crippen molar-refractivity contribution in [3.63, 3.8) is 0 Å². The molecule has 1 aliphatic heterocycles. The zero-order chi connectivity index (χ0) is 19.2. The van der Waals surface area contributed by atoms with Crippen molar-refractivity contribution in [1.82, 2.24) is 9.80 Å². The predicted molar refractivity (Wildman–Crippen MR) is 108 cm³/mol. The number of rotatable bonds is 5. The second-order valence-electron chi connectivity index (χ2n) is 6.79. The van der Waals surface area contributed by atoms with E-state index in [4.69, 9.17) is 0 Å². The van der Waals surface area contributed by atoms with Gasteiger partial charge < -0.3 is 9.80 Å². The molecule has 1 aliphatic rings. The van der Waals surface area contributed by atoms with Gasteiger partial charge in [-0.3, -0.25) is 14.5 Å². The molecule has 2 amide bonds. The van der Waals surface area contributed by atoms with Gasteiger partial charge in [0.25, 0.3) is 5.91 Å². The van der Waals surface area contributed by atoms with Gasteiger partial charge in [0.05, 0.1) is 6.04 Å². The van der Waals surface area contributed by atoms with Gasteiger partial charge in [0.15, 0.2) is 0 Å². The van der Waals surface area contributed by atoms with E-state index in [0.29, 0.717) is 32.7 Å². The van der Waals surface area contributed by atoms with Crippen LogP contribution in [0.15, 0.2) is 60.7 Å². The minimum Gasteiger partial charge on any atom is -0.336 e. The maximum absolute atomic E-state index is 13.0. The lowest BCUT2D eigenvalue weighted by Gasteiger charge is -2.39. The molecule has 0 unspecified atom stereocenters. The van der Waals surface area contributed by atoms with Gasteiger partial charge in [-0.1, -0.05) is 36.4 Å². The van der Waals surface area contributed by atoms with Crippen molar-refractivity contribution in [2.75, 3.05) is 37.6 Å². The molecule has 0 radical (unpaired) electrons. The number of para-hydroxylation sites is 1. The van der Waals surface area contributed by atoms with Gasteiger partial charge >= 0.3 is 0 Å². The van der Waals surface area contributed by atoms with Crippen LogP contribution in [0.4, 0.5) is 5.69 Å². The number of hydrogen-bond acceptors (Lipinski definition) is 3. The van der Waals surface area contributed by atoms with Crippen LogP contribution >= 0.6 is 0 Å². The Morgan fingerprint density at radius 3 is 2.04 bits per heavy atom. The first-order valence-electron chi connectivity index (χ1n) is 9.56. The molecular formula is C22H27N3O2. The number of likely N-dealkylation sites (N-methyl/N-ethyl adjacent to an activating group) is 1. The summed E-state index contributed by atoms with van der Waals surface area (Å²) in [6, 6.07) is 18.9. The lowest BCUT2D eigenvalue weighted by molar-refractivity contribution is -0.123. The van der Waals surface area contributed by atoms with Crippen molar-refractivity contribution in [1.29, 1.82) is 0 Å². The van der Waals surface area contributed by atoms with Crippen molar-refractivity contribution in [3.8, 4) is 0 Å². The summed E-state index contributed by atoms with van der Waals surface area (Å²) in [5.41, 5.74) is 1.64. The second-order valence-corrected chi connectivity index (χ2v) is 6.79. The van der Waals surface area contributed by atoms with Crippen molar-refractivity contribution in [3.05, 3.63) is 66.2 Å². The average Bonchev–Trinajstić information content (AvgIpc) is 2.74. The Kier molecular flexibility index (Phi) is 6.24. The molecule has 142 valence electrons. The zero-order valence-corrected chi connectivity index (χ0v) is 16.0. The summed E-state index contributed by atoms with van der Waals surface area (Å²) in [4.78, 5) is 31.5. The zero-order valence-electron chi connectivity index (χ0n) is 16.0. The first-order valence-corrected chi connectivity index (χ1v) is 9.56. The molecule has 1 saturated heterocycles. The van der Waals surface area contributed by atoms with Crippen LogP contribution in [0.1, 0.15) is 24.2 Å². The summed E-state index contributed by atoms with van der Waals surface area (Å²) in [5.74, 6) is 0.167. The normalized spacial score (nSPS) is 16.0. The number of nitrogens with zero attached hydrogens (tertiary/aromatic N) is 3. The minimum absolute atomic E-state index is 0.0636. The number of amides is 2. The molecule has 0 saturated carbocycles. The second kappa shape index (κ2) is 8.82. The first kappa shape index (κ1) is 19.1. The Balaban J connectivity index is 1.60. The highest BCUT2D eigenvalue weighted by atomic mass is 16.2. The van der Waals surface area contributed by atoms with E-state index >= 15 is 0 Å². The Hall–Kier alpha value is -2.66. The molecule has 5 heteroatoms. The highest BCUT2D eigenvalue weighted by Crippen LogP contribution is 2.17. The third-order valence-electron chi connectivity index (χ3n) is 5.18. The van der Waals surface area contributed by atoms with Crippen LogP contribution in [0.25, 0.3) is 0 Å². The van der Waals surface area contributed by atoms with Crippen LogP contribution in [0.5, 0.6) is 0 Å². The fourth-order valence-electron chi connectivity index (χ4n) is 3.53. The van der Waals surface area contributed by atoms with Crippen molar-refractivity contribution < 1.29 is 9.59 Å². The molecule has 1 fully saturated rings. The van der Waals surface area contributed by atoms with E-state index in [1.165, 1.54) is 0 Å². The smallest absolute Gasteiger partial charge is 0.253 e. The third-order valence-corrected chi connectivity index (χ3v) is 5.18. The number of anilines is 1. The molecule has 3 rings (SSSR count). The van der Waals surface area contributed by atoms with E-state index in [1.54, 1.807) is 0 Å². The quantitative estimate of drug-likeness (QED) is 0.818. The van der Waals surface area contributed by atoms with E-state index in [-0.39, 0.29) is 17.9 Å². The molecule has 0 spiro atoms. The maximum Gasteiger partial charge on any atom is 0.253 e. The van der Waals surface area contributed by atoms with Gasteiger partial charge in [0, 0.05) is 44.0 Å². The molecule has 27 heavy (non-hydrogen) atoms. The van der Waals surface area contributed by atoms with Gasteiger partial charge in [0.2, 0.25) is 5.91 Å². The van der Waals surface area contributed by atoms with Gasteiger partial charge in [-0.2, -0.15) is 0 Å². The van der Waals surface area contributed by atoms with Crippen LogP contribution in [0.2, 0.25) is 0 Å². The molecule has 0 bridgehead atoms. The van der Waals surface area contributed by atoms with Gasteiger partial charge in [-0.05, 0) is 38.1 Å². The minimum atomic E-state index is -0.209. The van der Waals surface area contributed by atoms with Crippen molar-refractivity contribution in [2.45, 2.75) is 19.9 Å². The van der Waals surface area contributed by atoms with Crippen LogP contribution < -0.4 is 4.90 Å². The van der Waals surface area contributed by atoms with Gasteiger partial charge in [-0.25, -0.2) is 0 Å². The summed E-state index contributed by atoms with van der Waals surface area (Å²) in [6.07, 6.45) is 0. The Bertz CT molecular complexity index is 756. The lowest BCUT2D eigenvalue weighted by atomic mass is 10.1. The molecule has 1 heterocycles. The molecule has 5 nitrogen and oxygen atoms in total. The molecule has 1 atom stereocenters. The number of carbonyl (C=O) groups is 2. The maximum atomic E-state index is 13.0. The van der Waals surface area contributed by atoms with Crippen molar-refractivity contribution in [2.24, 2.45) is 0 Å². The average molecular weight is 365 g/mol. The highest BCUT2D eigenvalue weighted by molar-refractivity contribution is 5.97. The summed E-state index contributed by atoms with van der Waals surface area (Å²) in [7, 11) is 0. The number of piperazine rings is 1. The van der Waals surface area contributed by atoms with Crippen LogP contribution in [-0.2, 0) is 4.79 Å².